The molecule has 1 aromatic heterocycles. The molecule has 0 aliphatic rings. The summed E-state index contributed by atoms with van der Waals surface area (Å²) in [5, 5.41) is 15.8. The molecule has 19 heavy (non-hydrogen) atoms. The number of thioether (sulfide) groups is 1. The molecule has 0 saturated heterocycles. The quantitative estimate of drug-likeness (QED) is 0.555. The van der Waals surface area contributed by atoms with Gasteiger partial charge < -0.3 is 10.4 Å². The van der Waals surface area contributed by atoms with Gasteiger partial charge in [-0.3, -0.25) is 4.79 Å². The van der Waals surface area contributed by atoms with Gasteiger partial charge in [-0.2, -0.15) is 16.9 Å². The van der Waals surface area contributed by atoms with Crippen LogP contribution < -0.4 is 10.9 Å². The minimum atomic E-state index is -0.314. The van der Waals surface area contributed by atoms with Crippen LogP contribution in [0.2, 0.25) is 5.02 Å². The standard InChI is InChI=1S/C12H16ClN3O2S/c1-2-5-16-12(18)11(10(13)9-15-16)14-4-8-19-7-3-6-17/h1,9,14,17H,3-8H2. The van der Waals surface area contributed by atoms with Gasteiger partial charge in [-0.05, 0) is 12.2 Å². The van der Waals surface area contributed by atoms with Gasteiger partial charge in [0.1, 0.15) is 12.2 Å². The zero-order valence-electron chi connectivity index (χ0n) is 10.4. The topological polar surface area (TPSA) is 67.2 Å². The fourth-order valence-corrected chi connectivity index (χ4v) is 2.32. The van der Waals surface area contributed by atoms with Crippen LogP contribution in [-0.4, -0.2) is 39.5 Å². The van der Waals surface area contributed by atoms with Crippen LogP contribution in [0, 0.1) is 12.3 Å². The van der Waals surface area contributed by atoms with Crippen LogP contribution in [0.1, 0.15) is 6.42 Å². The average Bonchev–Trinajstić information content (AvgIpc) is 2.40. The van der Waals surface area contributed by atoms with Crippen molar-refractivity contribution in [3.63, 3.8) is 0 Å². The van der Waals surface area contributed by atoms with Crippen molar-refractivity contribution in [1.82, 2.24) is 9.78 Å². The van der Waals surface area contributed by atoms with Crippen molar-refractivity contribution in [3.8, 4) is 12.3 Å². The highest BCUT2D eigenvalue weighted by atomic mass is 35.5. The van der Waals surface area contributed by atoms with E-state index in [4.69, 9.17) is 23.1 Å². The van der Waals surface area contributed by atoms with E-state index in [0.29, 0.717) is 17.3 Å². The number of terminal acetylenes is 1. The Morgan fingerprint density at radius 1 is 1.58 bits per heavy atom. The van der Waals surface area contributed by atoms with Gasteiger partial charge in [-0.25, -0.2) is 4.68 Å². The molecule has 0 radical (unpaired) electrons. The average molecular weight is 302 g/mol. The second kappa shape index (κ2) is 8.86. The molecule has 0 aliphatic heterocycles. The van der Waals surface area contributed by atoms with Crippen molar-refractivity contribution in [2.24, 2.45) is 0 Å². The summed E-state index contributed by atoms with van der Waals surface area (Å²) in [4.78, 5) is 12.0. The number of anilines is 1. The van der Waals surface area contributed by atoms with E-state index in [1.807, 2.05) is 0 Å². The van der Waals surface area contributed by atoms with E-state index in [1.54, 1.807) is 11.8 Å². The van der Waals surface area contributed by atoms with Gasteiger partial charge in [-0.1, -0.05) is 17.5 Å². The molecule has 1 rings (SSSR count). The highest BCUT2D eigenvalue weighted by Gasteiger charge is 2.08. The molecule has 1 aromatic rings. The van der Waals surface area contributed by atoms with Crippen molar-refractivity contribution >= 4 is 29.1 Å². The summed E-state index contributed by atoms with van der Waals surface area (Å²) >= 11 is 7.64. The third kappa shape index (κ3) is 5.15. The maximum atomic E-state index is 12.0. The van der Waals surface area contributed by atoms with Crippen molar-refractivity contribution < 1.29 is 5.11 Å². The van der Waals surface area contributed by atoms with Crippen molar-refractivity contribution in [1.29, 1.82) is 0 Å². The number of aromatic nitrogens is 2. The summed E-state index contributed by atoms with van der Waals surface area (Å²) in [5.41, 5.74) is 0.0143. The Balaban J connectivity index is 2.55. The highest BCUT2D eigenvalue weighted by molar-refractivity contribution is 7.99. The Kier molecular flexibility index (Phi) is 7.41. The van der Waals surface area contributed by atoms with Gasteiger partial charge >= 0.3 is 0 Å². The Labute approximate surface area is 121 Å². The van der Waals surface area contributed by atoms with E-state index in [1.165, 1.54) is 10.9 Å². The molecule has 0 fully saturated rings. The Hall–Kier alpha value is -1.16. The lowest BCUT2D eigenvalue weighted by Crippen LogP contribution is -2.26. The molecule has 5 nitrogen and oxygen atoms in total. The summed E-state index contributed by atoms with van der Waals surface area (Å²) in [6, 6.07) is 0. The molecule has 7 heteroatoms. The lowest BCUT2D eigenvalue weighted by atomic mass is 10.4. The zero-order chi connectivity index (χ0) is 14.1. The SMILES string of the molecule is C#CCn1ncc(Cl)c(NCCSCCCO)c1=O. The van der Waals surface area contributed by atoms with Gasteiger partial charge in [0.2, 0.25) is 0 Å². The number of halogens is 1. The number of rotatable bonds is 8. The minimum absolute atomic E-state index is 0.121. The summed E-state index contributed by atoms with van der Waals surface area (Å²) in [5.74, 6) is 4.08. The van der Waals surface area contributed by atoms with Gasteiger partial charge in [0, 0.05) is 18.9 Å². The fourth-order valence-electron chi connectivity index (χ4n) is 1.34. The summed E-state index contributed by atoms with van der Waals surface area (Å²) < 4.78 is 1.19. The van der Waals surface area contributed by atoms with Crippen LogP contribution in [0.5, 0.6) is 0 Å². The summed E-state index contributed by atoms with van der Waals surface area (Å²) in [7, 11) is 0. The summed E-state index contributed by atoms with van der Waals surface area (Å²) in [6.45, 7) is 0.939. The first-order valence-electron chi connectivity index (χ1n) is 5.82. The molecule has 0 aliphatic carbocycles. The molecule has 0 saturated carbocycles. The van der Waals surface area contributed by atoms with Crippen LogP contribution in [-0.2, 0) is 6.54 Å². The van der Waals surface area contributed by atoms with E-state index in [-0.39, 0.29) is 18.7 Å². The number of aliphatic hydroxyl groups is 1. The van der Waals surface area contributed by atoms with Gasteiger partial charge in [0.05, 0.1) is 11.2 Å². The highest BCUT2D eigenvalue weighted by Crippen LogP contribution is 2.15. The Morgan fingerprint density at radius 3 is 3.05 bits per heavy atom. The molecule has 0 unspecified atom stereocenters. The van der Waals surface area contributed by atoms with Crippen LogP contribution >= 0.6 is 23.4 Å². The number of hydrogen-bond donors (Lipinski definition) is 2. The number of hydrogen-bond acceptors (Lipinski definition) is 5. The molecule has 0 bridgehead atoms. The largest absolute Gasteiger partial charge is 0.396 e. The van der Waals surface area contributed by atoms with E-state index in [2.05, 4.69) is 16.3 Å². The van der Waals surface area contributed by atoms with E-state index >= 15 is 0 Å². The molecular weight excluding hydrogens is 286 g/mol. The molecule has 104 valence electrons. The molecular formula is C12H16ClN3O2S. The molecule has 0 atom stereocenters. The predicted molar refractivity (Wildman–Crippen MR) is 79.9 cm³/mol. The van der Waals surface area contributed by atoms with Crippen molar-refractivity contribution in [2.75, 3.05) is 30.0 Å². The molecule has 0 aromatic carbocycles. The van der Waals surface area contributed by atoms with Crippen LogP contribution in [0.4, 0.5) is 5.69 Å². The van der Waals surface area contributed by atoms with Gasteiger partial charge in [0.15, 0.2) is 0 Å². The first kappa shape index (κ1) is 15.9. The Morgan fingerprint density at radius 2 is 2.37 bits per heavy atom. The first-order chi connectivity index (χ1) is 9.20. The van der Waals surface area contributed by atoms with Crippen molar-refractivity contribution in [2.45, 2.75) is 13.0 Å². The Bertz CT molecular complexity index is 499. The van der Waals surface area contributed by atoms with Crippen LogP contribution in [0.3, 0.4) is 0 Å². The third-order valence-corrected chi connectivity index (χ3v) is 3.59. The maximum absolute atomic E-state index is 12.0. The normalized spacial score (nSPS) is 10.2. The van der Waals surface area contributed by atoms with E-state index in [0.717, 1.165) is 17.9 Å². The number of aliphatic hydroxyl groups excluding tert-OH is 1. The van der Waals surface area contributed by atoms with Crippen LogP contribution in [0.15, 0.2) is 11.0 Å². The fraction of sp³-hybridized carbons (Fsp3) is 0.500. The third-order valence-electron chi connectivity index (χ3n) is 2.23. The molecule has 0 spiro atoms. The van der Waals surface area contributed by atoms with E-state index < -0.39 is 0 Å². The summed E-state index contributed by atoms with van der Waals surface area (Å²) in [6.07, 6.45) is 7.34. The second-order valence-electron chi connectivity index (χ2n) is 3.65. The lowest BCUT2D eigenvalue weighted by Gasteiger charge is -2.09. The van der Waals surface area contributed by atoms with Gasteiger partial charge in [0.25, 0.3) is 5.56 Å². The minimum Gasteiger partial charge on any atom is -0.396 e. The number of nitrogens with zero attached hydrogens (tertiary/aromatic N) is 2. The zero-order valence-corrected chi connectivity index (χ0v) is 12.0. The van der Waals surface area contributed by atoms with Crippen LogP contribution in [0.25, 0.3) is 0 Å². The molecule has 0 amide bonds. The second-order valence-corrected chi connectivity index (χ2v) is 5.28. The monoisotopic (exact) mass is 301 g/mol. The van der Waals surface area contributed by atoms with Gasteiger partial charge in [-0.15, -0.1) is 6.42 Å². The molecule has 1 heterocycles. The predicted octanol–water partition coefficient (Wildman–Crippen LogP) is 1.06. The lowest BCUT2D eigenvalue weighted by molar-refractivity contribution is 0.296. The maximum Gasteiger partial charge on any atom is 0.292 e. The molecule has 2 N–H and O–H groups in total. The van der Waals surface area contributed by atoms with E-state index in [9.17, 15) is 4.79 Å². The smallest absolute Gasteiger partial charge is 0.292 e. The first-order valence-corrected chi connectivity index (χ1v) is 7.35. The number of nitrogens with one attached hydrogen (secondary N) is 1. The van der Waals surface area contributed by atoms with Crippen molar-refractivity contribution in [3.05, 3.63) is 21.6 Å².